The summed E-state index contributed by atoms with van der Waals surface area (Å²) in [5.41, 5.74) is 5.43. The van der Waals surface area contributed by atoms with Crippen LogP contribution in [0.1, 0.15) is 0 Å². The van der Waals surface area contributed by atoms with Crippen molar-refractivity contribution in [1.82, 2.24) is 14.6 Å². The lowest BCUT2D eigenvalue weighted by Crippen LogP contribution is -2.16. The van der Waals surface area contributed by atoms with E-state index in [4.69, 9.17) is 5.73 Å². The van der Waals surface area contributed by atoms with Crippen LogP contribution in [0.4, 0.5) is 4.79 Å². The van der Waals surface area contributed by atoms with Crippen LogP contribution < -0.4 is 10.5 Å². The van der Waals surface area contributed by atoms with Crippen LogP contribution in [0.15, 0.2) is 23.1 Å². The van der Waals surface area contributed by atoms with Crippen molar-refractivity contribution < 1.29 is 9.53 Å². The molecule has 0 atom stereocenters. The largest absolute Gasteiger partial charge is 0.410 e. The van der Waals surface area contributed by atoms with Crippen molar-refractivity contribution in [2.75, 3.05) is 0 Å². The summed E-state index contributed by atoms with van der Waals surface area (Å²) in [6.45, 7) is 0. The van der Waals surface area contributed by atoms with Crippen molar-refractivity contribution in [3.8, 4) is 5.75 Å². The molecule has 0 unspecified atom stereocenters. The first-order chi connectivity index (χ1) is 6.65. The van der Waals surface area contributed by atoms with E-state index in [1.54, 1.807) is 18.3 Å². The number of pyridine rings is 1. The van der Waals surface area contributed by atoms with E-state index < -0.39 is 6.09 Å². The van der Waals surface area contributed by atoms with Gasteiger partial charge in [-0.05, 0) is 22.0 Å². The summed E-state index contributed by atoms with van der Waals surface area (Å²) in [7, 11) is 0. The molecule has 2 N–H and O–H groups in total. The molecule has 0 aromatic carbocycles. The molecule has 7 heteroatoms. The average Bonchev–Trinajstić information content (AvgIpc) is 2.42. The molecule has 2 aromatic rings. The summed E-state index contributed by atoms with van der Waals surface area (Å²) in [6, 6.07) is 3.13. The van der Waals surface area contributed by atoms with E-state index in [9.17, 15) is 4.79 Å². The van der Waals surface area contributed by atoms with E-state index in [0.717, 1.165) is 0 Å². The lowest BCUT2D eigenvalue weighted by atomic mass is 10.4. The fraction of sp³-hybridized carbons (Fsp3) is 0. The Morgan fingerprint density at radius 2 is 2.43 bits per heavy atom. The third-order valence-corrected chi connectivity index (χ3v) is 1.84. The zero-order valence-electron chi connectivity index (χ0n) is 6.85. The van der Waals surface area contributed by atoms with Crippen LogP contribution in [0.3, 0.4) is 0 Å². The predicted molar refractivity (Wildman–Crippen MR) is 50.9 cm³/mol. The molecule has 0 spiro atoms. The van der Waals surface area contributed by atoms with Crippen LogP contribution in [0, 0.1) is 0 Å². The Labute approximate surface area is 86.8 Å². The van der Waals surface area contributed by atoms with Crippen molar-refractivity contribution in [2.24, 2.45) is 5.73 Å². The van der Waals surface area contributed by atoms with Gasteiger partial charge in [0, 0.05) is 12.3 Å². The van der Waals surface area contributed by atoms with Gasteiger partial charge in [0.15, 0.2) is 5.65 Å². The number of carbonyl (C=O) groups excluding carboxylic acids is 1. The molecule has 1 amide bonds. The first-order valence-electron chi connectivity index (χ1n) is 3.64. The molecule has 0 saturated carbocycles. The number of ether oxygens (including phenoxy) is 1. The molecule has 0 aliphatic heterocycles. The molecule has 14 heavy (non-hydrogen) atoms. The molecule has 0 radical (unpaired) electrons. The number of amides is 1. The Kier molecular flexibility index (Phi) is 2.08. The molecule has 6 nitrogen and oxygen atoms in total. The summed E-state index contributed by atoms with van der Waals surface area (Å²) in [5, 5.41) is 3.98. The van der Waals surface area contributed by atoms with Gasteiger partial charge in [0.1, 0.15) is 5.75 Å². The van der Waals surface area contributed by atoms with Gasteiger partial charge in [-0.2, -0.15) is 0 Å². The number of nitrogens with two attached hydrogens (primary N) is 1. The quantitative estimate of drug-likeness (QED) is 0.824. The lowest BCUT2D eigenvalue weighted by molar-refractivity contribution is 0.211. The summed E-state index contributed by atoms with van der Waals surface area (Å²) < 4.78 is 6.68. The minimum atomic E-state index is -0.854. The summed E-state index contributed by atoms with van der Waals surface area (Å²) >= 11 is 3.12. The predicted octanol–water partition coefficient (Wildman–Crippen LogP) is 0.949. The Morgan fingerprint density at radius 3 is 3.14 bits per heavy atom. The zero-order valence-corrected chi connectivity index (χ0v) is 8.43. The molecule has 0 aliphatic carbocycles. The second kappa shape index (κ2) is 3.26. The molecule has 0 bridgehead atoms. The van der Waals surface area contributed by atoms with E-state index in [1.165, 1.54) is 4.52 Å². The average molecular weight is 257 g/mol. The summed E-state index contributed by atoms with van der Waals surface area (Å²) in [5.74, 6) is 0.338. The third kappa shape index (κ3) is 1.67. The fourth-order valence-corrected chi connectivity index (χ4v) is 1.37. The molecule has 0 aliphatic rings. The third-order valence-electron chi connectivity index (χ3n) is 1.50. The van der Waals surface area contributed by atoms with Crippen molar-refractivity contribution in [3.63, 3.8) is 0 Å². The van der Waals surface area contributed by atoms with Gasteiger partial charge in [-0.15, -0.1) is 5.10 Å². The maximum absolute atomic E-state index is 10.5. The van der Waals surface area contributed by atoms with Crippen LogP contribution in [-0.2, 0) is 0 Å². The highest BCUT2D eigenvalue weighted by molar-refractivity contribution is 9.10. The number of carbonyl (C=O) groups is 1. The topological polar surface area (TPSA) is 82.5 Å². The molecule has 0 fully saturated rings. The number of rotatable bonds is 1. The number of fused-ring (bicyclic) bond motifs is 1. The van der Waals surface area contributed by atoms with Crippen molar-refractivity contribution in [1.29, 1.82) is 0 Å². The van der Waals surface area contributed by atoms with Gasteiger partial charge in [-0.3, -0.25) is 0 Å². The summed E-state index contributed by atoms with van der Waals surface area (Å²) in [6.07, 6.45) is 0.763. The minimum absolute atomic E-state index is 0.338. The van der Waals surface area contributed by atoms with Crippen LogP contribution >= 0.6 is 15.9 Å². The normalized spacial score (nSPS) is 10.4. The van der Waals surface area contributed by atoms with Crippen LogP contribution in [0.25, 0.3) is 5.65 Å². The molecule has 2 rings (SSSR count). The minimum Gasteiger partial charge on any atom is -0.410 e. The fourth-order valence-electron chi connectivity index (χ4n) is 1.02. The molecule has 2 heterocycles. The first kappa shape index (κ1) is 8.95. The number of primary amides is 1. The van der Waals surface area contributed by atoms with Gasteiger partial charge in [0.05, 0.1) is 0 Å². The Balaban J connectivity index is 2.45. The van der Waals surface area contributed by atoms with Gasteiger partial charge < -0.3 is 10.5 Å². The van der Waals surface area contributed by atoms with Gasteiger partial charge in [0.2, 0.25) is 4.73 Å². The van der Waals surface area contributed by atoms with Gasteiger partial charge in [-0.1, -0.05) is 0 Å². The molecule has 72 valence electrons. The maximum atomic E-state index is 10.5. The van der Waals surface area contributed by atoms with Crippen LogP contribution in [0.5, 0.6) is 5.75 Å². The smallest absolute Gasteiger partial charge is 0.409 e. The standard InChI is InChI=1S/C7H5BrN4O2/c8-6-10-5-3-4(14-7(9)13)1-2-12(5)11-6/h1-3H,(H2,9,13). The highest BCUT2D eigenvalue weighted by Gasteiger charge is 2.03. The summed E-state index contributed by atoms with van der Waals surface area (Å²) in [4.78, 5) is 14.5. The van der Waals surface area contributed by atoms with E-state index in [0.29, 0.717) is 16.1 Å². The van der Waals surface area contributed by atoms with Gasteiger partial charge in [0.25, 0.3) is 0 Å². The number of aromatic nitrogens is 3. The highest BCUT2D eigenvalue weighted by atomic mass is 79.9. The second-order valence-electron chi connectivity index (χ2n) is 2.47. The SMILES string of the molecule is NC(=O)Oc1ccn2nc(Br)nc2c1. The van der Waals surface area contributed by atoms with Gasteiger partial charge in [-0.25, -0.2) is 14.3 Å². The Morgan fingerprint density at radius 1 is 1.64 bits per heavy atom. The van der Waals surface area contributed by atoms with Crippen LogP contribution in [0.2, 0.25) is 0 Å². The van der Waals surface area contributed by atoms with E-state index >= 15 is 0 Å². The van der Waals surface area contributed by atoms with Crippen LogP contribution in [-0.4, -0.2) is 20.7 Å². The maximum Gasteiger partial charge on any atom is 0.409 e. The van der Waals surface area contributed by atoms with Crippen molar-refractivity contribution in [3.05, 3.63) is 23.1 Å². The Bertz CT molecular complexity index is 495. The number of nitrogens with zero attached hydrogens (tertiary/aromatic N) is 3. The van der Waals surface area contributed by atoms with E-state index in [2.05, 4.69) is 30.7 Å². The van der Waals surface area contributed by atoms with Crippen molar-refractivity contribution in [2.45, 2.75) is 0 Å². The first-order valence-corrected chi connectivity index (χ1v) is 4.44. The second-order valence-corrected chi connectivity index (χ2v) is 3.18. The highest BCUT2D eigenvalue weighted by Crippen LogP contribution is 2.14. The molecular weight excluding hydrogens is 252 g/mol. The number of halogens is 1. The molecule has 0 saturated heterocycles. The van der Waals surface area contributed by atoms with E-state index in [-0.39, 0.29) is 0 Å². The number of hydrogen-bond acceptors (Lipinski definition) is 4. The zero-order chi connectivity index (χ0) is 10.1. The van der Waals surface area contributed by atoms with Crippen molar-refractivity contribution >= 4 is 27.7 Å². The monoisotopic (exact) mass is 256 g/mol. The molecule has 2 aromatic heterocycles. The van der Waals surface area contributed by atoms with E-state index in [1.807, 2.05) is 0 Å². The Hall–Kier alpha value is -1.63. The lowest BCUT2D eigenvalue weighted by Gasteiger charge is -1.99. The van der Waals surface area contributed by atoms with Gasteiger partial charge >= 0.3 is 6.09 Å². The molecular formula is C7H5BrN4O2. The number of hydrogen-bond donors (Lipinski definition) is 1.